The van der Waals surface area contributed by atoms with Gasteiger partial charge in [-0.05, 0) is 26.0 Å². The maximum atomic E-state index is 11.7. The Bertz CT molecular complexity index is 692. The van der Waals surface area contributed by atoms with Crippen molar-refractivity contribution in [1.82, 2.24) is 9.78 Å². The van der Waals surface area contributed by atoms with Crippen molar-refractivity contribution in [1.29, 1.82) is 0 Å². The number of aliphatic imine (C=N–C) groups is 1. The van der Waals surface area contributed by atoms with Gasteiger partial charge in [0, 0.05) is 23.2 Å². The van der Waals surface area contributed by atoms with Crippen LogP contribution in [0.15, 0.2) is 32.6 Å². The van der Waals surface area contributed by atoms with Crippen LogP contribution in [0, 0.1) is 11.8 Å². The molecule has 0 amide bonds. The molecular weight excluding hydrogens is 421 g/mol. The van der Waals surface area contributed by atoms with Crippen molar-refractivity contribution in [2.45, 2.75) is 19.9 Å². The molecule has 1 aromatic rings. The van der Waals surface area contributed by atoms with E-state index in [-0.39, 0.29) is 26.3 Å². The third-order valence-corrected chi connectivity index (χ3v) is 5.87. The molecule has 2 rings (SSSR count). The Hall–Kier alpha value is -1.07. The van der Waals surface area contributed by atoms with Crippen LogP contribution < -0.4 is 5.56 Å². The van der Waals surface area contributed by atoms with Crippen LogP contribution in [0.4, 0.5) is 0 Å². The molecule has 0 bridgehead atoms. The van der Waals surface area contributed by atoms with Gasteiger partial charge in [-0.15, -0.1) is 5.92 Å². The number of rotatable bonds is 2. The van der Waals surface area contributed by atoms with Gasteiger partial charge in [0.1, 0.15) is 16.0 Å². The number of halogens is 2. The molecule has 6 heteroatoms. The highest BCUT2D eigenvalue weighted by atomic mass is 127. The molecule has 0 radical (unpaired) electrons. The molecule has 1 aromatic heterocycles. The summed E-state index contributed by atoms with van der Waals surface area (Å²) < 4.78 is 5.47. The summed E-state index contributed by atoms with van der Waals surface area (Å²) in [6.07, 6.45) is 2.53. The van der Waals surface area contributed by atoms with Crippen LogP contribution in [0.3, 0.4) is 0 Å². The number of hydrogen-bond acceptors (Lipinski definition) is 3. The lowest BCUT2D eigenvalue weighted by atomic mass is 10.4. The summed E-state index contributed by atoms with van der Waals surface area (Å²) in [5.41, 5.74) is 0.627. The SMILES string of the molecule is CCC#CCn1nc(C2=NC=C(Br)C=I2)ccc1=O. The van der Waals surface area contributed by atoms with Gasteiger partial charge in [-0.1, -0.05) is 33.6 Å². The van der Waals surface area contributed by atoms with Gasteiger partial charge in [0.2, 0.25) is 0 Å². The van der Waals surface area contributed by atoms with Gasteiger partial charge >= 0.3 is 0 Å². The van der Waals surface area contributed by atoms with E-state index in [0.717, 1.165) is 20.3 Å². The molecule has 0 saturated heterocycles. The Morgan fingerprint density at radius 2 is 2.26 bits per heavy atom. The maximum absolute atomic E-state index is 11.7. The van der Waals surface area contributed by atoms with Crippen LogP contribution in [0.25, 0.3) is 0 Å². The second-order valence-electron chi connectivity index (χ2n) is 3.57. The summed E-state index contributed by atoms with van der Waals surface area (Å²) in [6.45, 7) is 2.30. The van der Waals surface area contributed by atoms with Crippen LogP contribution in [0.5, 0.6) is 0 Å². The lowest BCUT2D eigenvalue weighted by molar-refractivity contribution is 0.659. The quantitative estimate of drug-likeness (QED) is 0.533. The second-order valence-corrected chi connectivity index (χ2v) is 6.76. The highest BCUT2D eigenvalue weighted by Crippen LogP contribution is 2.18. The zero-order valence-corrected chi connectivity index (χ0v) is 14.0. The first kappa shape index (κ1) is 14.3. The van der Waals surface area contributed by atoms with E-state index in [4.69, 9.17) is 0 Å². The van der Waals surface area contributed by atoms with Gasteiger partial charge < -0.3 is 0 Å². The smallest absolute Gasteiger partial charge is 0.267 e. The molecule has 1 aliphatic rings. The van der Waals surface area contributed by atoms with E-state index < -0.39 is 0 Å². The predicted octanol–water partition coefficient (Wildman–Crippen LogP) is 2.43. The molecule has 4 nitrogen and oxygen atoms in total. The molecule has 0 N–H and O–H groups in total. The molecular formula is C13H11BrIN3O. The summed E-state index contributed by atoms with van der Waals surface area (Å²) in [7, 11) is 0. The monoisotopic (exact) mass is 431 g/mol. The summed E-state index contributed by atoms with van der Waals surface area (Å²) in [5, 5.41) is 4.33. The topological polar surface area (TPSA) is 47.2 Å². The van der Waals surface area contributed by atoms with Crippen molar-refractivity contribution < 1.29 is 0 Å². The molecule has 0 saturated carbocycles. The molecule has 1 aliphatic heterocycles. The fraction of sp³-hybridized carbons (Fsp3) is 0.231. The molecule has 0 spiro atoms. The van der Waals surface area contributed by atoms with Crippen molar-refractivity contribution in [3.8, 4) is 11.8 Å². The molecule has 0 aromatic carbocycles. The molecule has 0 atom stereocenters. The summed E-state index contributed by atoms with van der Waals surface area (Å²) in [6, 6.07) is 3.25. The molecule has 98 valence electrons. The molecule has 2 heterocycles. The van der Waals surface area contributed by atoms with E-state index in [2.05, 4.69) is 41.9 Å². The van der Waals surface area contributed by atoms with Crippen LogP contribution in [0.1, 0.15) is 19.0 Å². The highest BCUT2D eigenvalue weighted by molar-refractivity contribution is 14.2. The van der Waals surface area contributed by atoms with Gasteiger partial charge in [-0.25, -0.2) is 9.67 Å². The van der Waals surface area contributed by atoms with Crippen LogP contribution in [-0.2, 0) is 6.54 Å². The van der Waals surface area contributed by atoms with Crippen molar-refractivity contribution in [3.05, 3.63) is 38.9 Å². The van der Waals surface area contributed by atoms with Gasteiger partial charge in [0.25, 0.3) is 5.56 Å². The lowest BCUT2D eigenvalue weighted by Crippen LogP contribution is -2.23. The Kier molecular flexibility index (Phi) is 5.22. The molecule has 0 unspecified atom stereocenters. The summed E-state index contributed by atoms with van der Waals surface area (Å²) in [5.74, 6) is 5.86. The van der Waals surface area contributed by atoms with Gasteiger partial charge in [0.05, 0.1) is 0 Å². The Balaban J connectivity index is 2.32. The van der Waals surface area contributed by atoms with Crippen molar-refractivity contribution in [2.24, 2.45) is 4.99 Å². The average molecular weight is 432 g/mol. The van der Waals surface area contributed by atoms with E-state index in [0.29, 0.717) is 6.54 Å². The fourth-order valence-electron chi connectivity index (χ4n) is 1.33. The van der Waals surface area contributed by atoms with E-state index in [9.17, 15) is 4.79 Å². The van der Waals surface area contributed by atoms with Gasteiger partial charge in [-0.3, -0.25) is 4.79 Å². The summed E-state index contributed by atoms with van der Waals surface area (Å²) in [4.78, 5) is 16.0. The second kappa shape index (κ2) is 6.91. The average Bonchev–Trinajstić information content (AvgIpc) is 2.42. The van der Waals surface area contributed by atoms with E-state index >= 15 is 0 Å². The number of nitrogens with zero attached hydrogens (tertiary/aromatic N) is 3. The highest BCUT2D eigenvalue weighted by Gasteiger charge is 2.07. The Morgan fingerprint density at radius 1 is 1.42 bits per heavy atom. The van der Waals surface area contributed by atoms with Crippen LogP contribution in [0.2, 0.25) is 0 Å². The van der Waals surface area contributed by atoms with E-state index in [1.807, 2.05) is 6.92 Å². The minimum absolute atomic E-state index is 0.135. The number of hydrogen-bond donors (Lipinski definition) is 0. The third-order valence-electron chi connectivity index (χ3n) is 2.17. The molecule has 0 aliphatic carbocycles. The summed E-state index contributed by atoms with van der Waals surface area (Å²) >= 11 is 3.07. The first-order chi connectivity index (χ1) is 9.20. The standard InChI is InChI=1S/C13H11BrIN3O/c1-2-3-4-7-18-12(19)6-5-11(17-18)13-15-8-10(14)9-16-13/h5-6,8-9H,2,7H2,1H3. The van der Waals surface area contributed by atoms with Crippen LogP contribution in [-0.4, -0.2) is 17.5 Å². The molecule has 19 heavy (non-hydrogen) atoms. The van der Waals surface area contributed by atoms with Crippen molar-refractivity contribution in [2.75, 3.05) is 0 Å². The Morgan fingerprint density at radius 3 is 2.95 bits per heavy atom. The van der Waals surface area contributed by atoms with E-state index in [1.54, 1.807) is 12.3 Å². The zero-order chi connectivity index (χ0) is 13.7. The van der Waals surface area contributed by atoms with Crippen molar-refractivity contribution >= 4 is 44.4 Å². The van der Waals surface area contributed by atoms with Gasteiger partial charge in [0.15, 0.2) is 0 Å². The fourth-order valence-corrected chi connectivity index (χ4v) is 3.67. The third kappa shape index (κ3) is 3.94. The normalized spacial score (nSPS) is 13.8. The minimum atomic E-state index is -0.314. The van der Waals surface area contributed by atoms with Gasteiger partial charge in [-0.2, -0.15) is 5.10 Å². The minimum Gasteiger partial charge on any atom is -0.268 e. The molecule has 0 fully saturated rings. The largest absolute Gasteiger partial charge is 0.268 e. The van der Waals surface area contributed by atoms with Crippen LogP contribution >= 0.6 is 36.7 Å². The van der Waals surface area contributed by atoms with Crippen molar-refractivity contribution in [3.63, 3.8) is 0 Å². The first-order valence-corrected chi connectivity index (χ1v) is 8.77. The number of allylic oxidation sites excluding steroid dienone is 1. The predicted molar refractivity (Wildman–Crippen MR) is 90.2 cm³/mol. The maximum Gasteiger partial charge on any atom is 0.267 e. The Labute approximate surface area is 129 Å². The van der Waals surface area contributed by atoms with E-state index in [1.165, 1.54) is 10.7 Å². The zero-order valence-electron chi connectivity index (χ0n) is 10.2. The first-order valence-electron chi connectivity index (χ1n) is 5.65. The number of aromatic nitrogens is 2. The lowest BCUT2D eigenvalue weighted by Gasteiger charge is -2.05.